The molecule has 30 heavy (non-hydrogen) atoms. The maximum Gasteiger partial charge on any atom is 0.287 e. The molecular formula is C20H15ClN4O3S2. The Morgan fingerprint density at radius 1 is 1.20 bits per heavy atom. The highest BCUT2D eigenvalue weighted by molar-refractivity contribution is 7.71. The van der Waals surface area contributed by atoms with E-state index in [2.05, 4.69) is 15.4 Å². The monoisotopic (exact) mass is 458 g/mol. The van der Waals surface area contributed by atoms with E-state index in [1.807, 2.05) is 47.8 Å². The van der Waals surface area contributed by atoms with Crippen LogP contribution in [0, 0.1) is 4.84 Å². The molecule has 4 aromatic rings. The normalized spacial score (nSPS) is 10.7. The number of nitrogens with one attached hydrogen (secondary N) is 1. The van der Waals surface area contributed by atoms with E-state index in [1.165, 1.54) is 16.0 Å². The summed E-state index contributed by atoms with van der Waals surface area (Å²) in [6.07, 6.45) is 0. The third kappa shape index (κ3) is 5.12. The van der Waals surface area contributed by atoms with E-state index in [9.17, 15) is 4.79 Å². The number of hydrogen-bond donors (Lipinski definition) is 1. The van der Waals surface area contributed by atoms with E-state index < -0.39 is 0 Å². The van der Waals surface area contributed by atoms with Crippen molar-refractivity contribution in [3.63, 3.8) is 0 Å². The van der Waals surface area contributed by atoms with Crippen LogP contribution in [0.25, 0.3) is 11.3 Å². The number of amides is 1. The van der Waals surface area contributed by atoms with Crippen LogP contribution in [-0.2, 0) is 17.9 Å². The van der Waals surface area contributed by atoms with Gasteiger partial charge < -0.3 is 14.5 Å². The van der Waals surface area contributed by atoms with Crippen molar-refractivity contribution in [3.05, 3.63) is 75.7 Å². The van der Waals surface area contributed by atoms with Gasteiger partial charge in [-0.3, -0.25) is 4.79 Å². The number of rotatable bonds is 7. The first-order valence-corrected chi connectivity index (χ1v) is 10.5. The second kappa shape index (κ2) is 9.21. The molecule has 0 saturated heterocycles. The lowest BCUT2D eigenvalue weighted by Crippen LogP contribution is -2.19. The lowest BCUT2D eigenvalue weighted by atomic mass is 10.2. The Hall–Kier alpha value is -3.01. The number of benzene rings is 2. The average molecular weight is 459 g/mol. The van der Waals surface area contributed by atoms with E-state index in [1.54, 1.807) is 12.1 Å². The summed E-state index contributed by atoms with van der Waals surface area (Å²) >= 11 is 12.4. The Bertz CT molecular complexity index is 1200. The van der Waals surface area contributed by atoms with Crippen molar-refractivity contribution >= 4 is 46.2 Å². The Morgan fingerprint density at radius 2 is 1.97 bits per heavy atom. The maximum atomic E-state index is 12.4. The third-order valence-corrected chi connectivity index (χ3v) is 5.24. The van der Waals surface area contributed by atoms with E-state index >= 15 is 0 Å². The Morgan fingerprint density at radius 3 is 2.73 bits per heavy atom. The van der Waals surface area contributed by atoms with Crippen molar-refractivity contribution in [1.29, 1.82) is 0 Å². The number of carbonyl (C=O) groups is 1. The van der Waals surface area contributed by atoms with Crippen LogP contribution < -0.4 is 10.1 Å². The summed E-state index contributed by atoms with van der Waals surface area (Å²) in [4.78, 5) is 16.9. The Kier molecular flexibility index (Phi) is 6.22. The minimum absolute atomic E-state index is 0.0937. The molecule has 2 aromatic heterocycles. The molecule has 0 saturated carbocycles. The van der Waals surface area contributed by atoms with Gasteiger partial charge in [0.1, 0.15) is 12.3 Å². The van der Waals surface area contributed by atoms with E-state index in [4.69, 9.17) is 33.0 Å². The van der Waals surface area contributed by atoms with Gasteiger partial charge in [-0.15, -0.1) is 16.4 Å². The number of anilines is 1. The van der Waals surface area contributed by atoms with Crippen LogP contribution in [0.15, 0.2) is 64.4 Å². The summed E-state index contributed by atoms with van der Waals surface area (Å²) in [5.74, 6) is 0.661. The van der Waals surface area contributed by atoms with Crippen LogP contribution >= 0.6 is 35.2 Å². The molecule has 1 amide bonds. The van der Waals surface area contributed by atoms with Gasteiger partial charge in [0.15, 0.2) is 11.7 Å². The minimum Gasteiger partial charge on any atom is -0.484 e. The zero-order chi connectivity index (χ0) is 20.9. The zero-order valence-corrected chi connectivity index (χ0v) is 17.8. The number of hydrogen-bond acceptors (Lipinski definition) is 7. The van der Waals surface area contributed by atoms with E-state index in [-0.39, 0.29) is 29.8 Å². The first kappa shape index (κ1) is 20.3. The van der Waals surface area contributed by atoms with Crippen molar-refractivity contribution in [1.82, 2.24) is 14.8 Å². The van der Waals surface area contributed by atoms with Gasteiger partial charge in [-0.2, -0.15) is 0 Å². The fourth-order valence-electron chi connectivity index (χ4n) is 2.55. The van der Waals surface area contributed by atoms with Crippen LogP contribution in [0.3, 0.4) is 0 Å². The summed E-state index contributed by atoms with van der Waals surface area (Å²) in [5, 5.41) is 9.94. The van der Waals surface area contributed by atoms with Gasteiger partial charge in [0.2, 0.25) is 5.91 Å². The summed E-state index contributed by atoms with van der Waals surface area (Å²) in [6, 6.07) is 16.6. The molecule has 2 heterocycles. The number of aromatic nitrogens is 3. The number of halogens is 1. The second-order valence-electron chi connectivity index (χ2n) is 6.11. The van der Waals surface area contributed by atoms with Crippen LogP contribution in [-0.4, -0.2) is 20.7 Å². The second-order valence-corrected chi connectivity index (χ2v) is 7.76. The molecule has 152 valence electrons. The first-order valence-electron chi connectivity index (χ1n) is 8.83. The molecule has 1 N–H and O–H groups in total. The predicted molar refractivity (Wildman–Crippen MR) is 117 cm³/mol. The van der Waals surface area contributed by atoms with E-state index in [0.717, 1.165) is 11.3 Å². The molecule has 4 rings (SSSR count). The van der Waals surface area contributed by atoms with Gasteiger partial charge in [-0.25, -0.2) is 9.67 Å². The van der Waals surface area contributed by atoms with Crippen LogP contribution in [0.4, 0.5) is 5.13 Å². The minimum atomic E-state index is -0.313. The van der Waals surface area contributed by atoms with Gasteiger partial charge in [-0.1, -0.05) is 41.9 Å². The first-order chi connectivity index (χ1) is 14.6. The summed E-state index contributed by atoms with van der Waals surface area (Å²) in [5.41, 5.74) is 1.67. The largest absolute Gasteiger partial charge is 0.484 e. The van der Waals surface area contributed by atoms with Crippen molar-refractivity contribution in [2.45, 2.75) is 13.2 Å². The topological polar surface area (TPSA) is 82.2 Å². The van der Waals surface area contributed by atoms with Gasteiger partial charge in [0.05, 0.1) is 5.69 Å². The maximum absolute atomic E-state index is 12.4. The summed E-state index contributed by atoms with van der Waals surface area (Å²) < 4.78 is 12.3. The molecule has 10 heteroatoms. The Balaban J connectivity index is 1.36. The molecule has 0 aliphatic rings. The molecule has 0 fully saturated rings. The fourth-order valence-corrected chi connectivity index (χ4v) is 3.61. The summed E-state index contributed by atoms with van der Waals surface area (Å²) in [7, 11) is 0. The lowest BCUT2D eigenvalue weighted by Gasteiger charge is -2.02. The molecule has 0 radical (unpaired) electrons. The van der Waals surface area contributed by atoms with Crippen molar-refractivity contribution < 1.29 is 13.9 Å². The average Bonchev–Trinajstić information content (AvgIpc) is 3.34. The molecule has 0 unspecified atom stereocenters. The fraction of sp³-hybridized carbons (Fsp3) is 0.100. The number of ether oxygens (including phenoxy) is 1. The number of thiazole rings is 1. The van der Waals surface area contributed by atoms with Gasteiger partial charge >= 0.3 is 0 Å². The van der Waals surface area contributed by atoms with Crippen molar-refractivity contribution in [2.24, 2.45) is 0 Å². The highest BCUT2D eigenvalue weighted by Gasteiger charge is 2.13. The predicted octanol–water partition coefficient (Wildman–Crippen LogP) is 5.20. The number of para-hydroxylation sites is 1. The standard InChI is InChI=1S/C20H15ClN4O3S2/c21-14-8-6-13(7-9-14)16-12-30-19(22-16)23-17(26)10-25-20(29)28-18(24-25)11-27-15-4-2-1-3-5-15/h1-9,12H,10-11H2,(H,22,23,26). The quantitative estimate of drug-likeness (QED) is 0.383. The molecule has 7 nitrogen and oxygen atoms in total. The van der Waals surface area contributed by atoms with Gasteiger partial charge in [0, 0.05) is 16.0 Å². The molecule has 0 aliphatic heterocycles. The highest BCUT2D eigenvalue weighted by Crippen LogP contribution is 2.26. The van der Waals surface area contributed by atoms with Crippen molar-refractivity contribution in [3.8, 4) is 17.0 Å². The smallest absolute Gasteiger partial charge is 0.287 e. The third-order valence-electron chi connectivity index (χ3n) is 3.94. The molecule has 0 atom stereocenters. The highest BCUT2D eigenvalue weighted by atomic mass is 35.5. The van der Waals surface area contributed by atoms with E-state index in [0.29, 0.717) is 15.9 Å². The SMILES string of the molecule is O=C(Cn1nc(COc2ccccc2)oc1=S)Nc1nc(-c2ccc(Cl)cc2)cs1. The summed E-state index contributed by atoms with van der Waals surface area (Å²) in [6.45, 7) is 0.0166. The molecule has 0 spiro atoms. The zero-order valence-electron chi connectivity index (χ0n) is 15.4. The van der Waals surface area contributed by atoms with Crippen LogP contribution in [0.2, 0.25) is 5.02 Å². The molecular weight excluding hydrogens is 444 g/mol. The van der Waals surface area contributed by atoms with Gasteiger partial charge in [0.25, 0.3) is 10.7 Å². The van der Waals surface area contributed by atoms with Crippen LogP contribution in [0.1, 0.15) is 5.89 Å². The number of carbonyl (C=O) groups excluding carboxylic acids is 1. The van der Waals surface area contributed by atoms with Crippen molar-refractivity contribution in [2.75, 3.05) is 5.32 Å². The number of nitrogens with zero attached hydrogens (tertiary/aromatic N) is 3. The van der Waals surface area contributed by atoms with Gasteiger partial charge in [-0.05, 0) is 36.5 Å². The molecule has 0 bridgehead atoms. The molecule has 0 aliphatic carbocycles. The molecule has 2 aromatic carbocycles. The lowest BCUT2D eigenvalue weighted by molar-refractivity contribution is -0.117. The van der Waals surface area contributed by atoms with Crippen LogP contribution in [0.5, 0.6) is 5.75 Å². The Labute approximate surface area is 185 Å².